The molecule has 0 bridgehead atoms. The number of carbonyl (C=O) groups is 1. The van der Waals surface area contributed by atoms with Gasteiger partial charge in [0.1, 0.15) is 10.6 Å². The Morgan fingerprint density at radius 3 is 2.30 bits per heavy atom. The van der Waals surface area contributed by atoms with Crippen LogP contribution in [0.3, 0.4) is 0 Å². The molecule has 0 saturated heterocycles. The minimum absolute atomic E-state index is 0.178. The fraction of sp³-hybridized carbons (Fsp3) is 0.0556. The second-order valence-electron chi connectivity index (χ2n) is 4.95. The smallest absolute Gasteiger partial charge is 0.350 e. The monoisotopic (exact) mass is 325 g/mol. The van der Waals surface area contributed by atoms with Crippen molar-refractivity contribution in [2.75, 3.05) is 12.8 Å². The molecule has 4 nitrogen and oxygen atoms in total. The minimum Gasteiger partial charge on any atom is -0.508 e. The SMILES string of the molecule is COC(=O)c1sc(-c2ccccc2)c(-c2ccc(O)cc2)c1N. The van der Waals surface area contributed by atoms with Gasteiger partial charge in [0.05, 0.1) is 12.8 Å². The van der Waals surface area contributed by atoms with Gasteiger partial charge in [0.15, 0.2) is 0 Å². The van der Waals surface area contributed by atoms with Gasteiger partial charge in [-0.1, -0.05) is 42.5 Å². The lowest BCUT2D eigenvalue weighted by atomic mass is 10.0. The zero-order chi connectivity index (χ0) is 16.4. The molecule has 3 rings (SSSR count). The third kappa shape index (κ3) is 2.78. The molecular formula is C18H15NO3S. The third-order valence-corrected chi connectivity index (χ3v) is 4.74. The number of carbonyl (C=O) groups excluding carboxylic acids is 1. The molecule has 0 aliphatic heterocycles. The molecule has 0 radical (unpaired) electrons. The van der Waals surface area contributed by atoms with E-state index in [1.807, 2.05) is 30.3 Å². The van der Waals surface area contributed by atoms with Crippen molar-refractivity contribution < 1.29 is 14.6 Å². The van der Waals surface area contributed by atoms with Gasteiger partial charge in [-0.3, -0.25) is 0 Å². The molecule has 0 fully saturated rings. The van der Waals surface area contributed by atoms with Crippen LogP contribution in [0.25, 0.3) is 21.6 Å². The van der Waals surface area contributed by atoms with Crippen molar-refractivity contribution in [2.45, 2.75) is 0 Å². The van der Waals surface area contributed by atoms with Crippen LogP contribution in [0, 0.1) is 0 Å². The first-order valence-corrected chi connectivity index (χ1v) is 7.79. The molecule has 0 unspecified atom stereocenters. The predicted molar refractivity (Wildman–Crippen MR) is 92.6 cm³/mol. The Kier molecular flexibility index (Phi) is 4.04. The maximum Gasteiger partial charge on any atom is 0.350 e. The van der Waals surface area contributed by atoms with E-state index in [-0.39, 0.29) is 5.75 Å². The van der Waals surface area contributed by atoms with Crippen LogP contribution in [-0.4, -0.2) is 18.2 Å². The number of ether oxygens (including phenoxy) is 1. The van der Waals surface area contributed by atoms with Gasteiger partial charge in [-0.2, -0.15) is 0 Å². The number of phenolic OH excluding ortho intramolecular Hbond substituents is 1. The molecule has 23 heavy (non-hydrogen) atoms. The quantitative estimate of drug-likeness (QED) is 0.709. The van der Waals surface area contributed by atoms with Crippen LogP contribution in [0.2, 0.25) is 0 Å². The van der Waals surface area contributed by atoms with E-state index in [4.69, 9.17) is 10.5 Å². The highest BCUT2D eigenvalue weighted by molar-refractivity contribution is 7.18. The van der Waals surface area contributed by atoms with Crippen LogP contribution in [-0.2, 0) is 4.74 Å². The van der Waals surface area contributed by atoms with Gasteiger partial charge in [0.2, 0.25) is 0 Å². The number of hydrogen-bond donors (Lipinski definition) is 2. The number of aromatic hydroxyl groups is 1. The average Bonchev–Trinajstić information content (AvgIpc) is 2.93. The average molecular weight is 325 g/mol. The molecular weight excluding hydrogens is 310 g/mol. The molecule has 1 heterocycles. The summed E-state index contributed by atoms with van der Waals surface area (Å²) in [5, 5.41) is 9.49. The molecule has 2 aromatic carbocycles. The lowest BCUT2D eigenvalue weighted by Crippen LogP contribution is -2.02. The summed E-state index contributed by atoms with van der Waals surface area (Å²) in [5.74, 6) is -0.272. The minimum atomic E-state index is -0.449. The number of esters is 1. The molecule has 0 saturated carbocycles. The number of rotatable bonds is 3. The van der Waals surface area contributed by atoms with Crippen LogP contribution in [0.4, 0.5) is 5.69 Å². The van der Waals surface area contributed by atoms with Gasteiger partial charge < -0.3 is 15.6 Å². The summed E-state index contributed by atoms with van der Waals surface area (Å²) < 4.78 is 4.83. The Hall–Kier alpha value is -2.79. The van der Waals surface area contributed by atoms with E-state index >= 15 is 0 Å². The van der Waals surface area contributed by atoms with Crippen molar-refractivity contribution in [3.63, 3.8) is 0 Å². The van der Waals surface area contributed by atoms with Crippen LogP contribution < -0.4 is 5.73 Å². The normalized spacial score (nSPS) is 10.5. The second kappa shape index (κ2) is 6.14. The van der Waals surface area contributed by atoms with E-state index in [1.165, 1.54) is 18.4 Å². The Morgan fingerprint density at radius 1 is 1.04 bits per heavy atom. The van der Waals surface area contributed by atoms with Crippen LogP contribution in [0.1, 0.15) is 9.67 Å². The molecule has 0 aliphatic rings. The van der Waals surface area contributed by atoms with Gasteiger partial charge in [-0.25, -0.2) is 4.79 Å². The lowest BCUT2D eigenvalue weighted by molar-refractivity contribution is 0.0607. The van der Waals surface area contributed by atoms with E-state index in [0.29, 0.717) is 10.6 Å². The zero-order valence-corrected chi connectivity index (χ0v) is 13.3. The number of thiophene rings is 1. The van der Waals surface area contributed by atoms with Crippen molar-refractivity contribution >= 4 is 23.0 Å². The lowest BCUT2D eigenvalue weighted by Gasteiger charge is -2.06. The number of phenols is 1. The fourth-order valence-corrected chi connectivity index (χ4v) is 3.56. The highest BCUT2D eigenvalue weighted by Gasteiger charge is 2.23. The van der Waals surface area contributed by atoms with Gasteiger partial charge in [0.25, 0.3) is 0 Å². The summed E-state index contributed by atoms with van der Waals surface area (Å²) in [5.41, 5.74) is 9.22. The molecule has 0 amide bonds. The van der Waals surface area contributed by atoms with E-state index < -0.39 is 5.97 Å². The van der Waals surface area contributed by atoms with Gasteiger partial charge >= 0.3 is 5.97 Å². The van der Waals surface area contributed by atoms with Gasteiger partial charge in [0, 0.05) is 10.4 Å². The van der Waals surface area contributed by atoms with Crippen molar-refractivity contribution in [1.82, 2.24) is 0 Å². The van der Waals surface area contributed by atoms with Crippen LogP contribution >= 0.6 is 11.3 Å². The molecule has 3 aromatic rings. The van der Waals surface area contributed by atoms with Crippen LogP contribution in [0.5, 0.6) is 5.75 Å². The van der Waals surface area contributed by atoms with E-state index in [1.54, 1.807) is 24.3 Å². The Morgan fingerprint density at radius 2 is 1.70 bits per heavy atom. The molecule has 5 heteroatoms. The first kappa shape index (κ1) is 15.1. The number of nitrogens with two attached hydrogens (primary N) is 1. The number of hydrogen-bond acceptors (Lipinski definition) is 5. The molecule has 0 atom stereocenters. The largest absolute Gasteiger partial charge is 0.508 e. The molecule has 0 spiro atoms. The van der Waals surface area contributed by atoms with Crippen molar-refractivity contribution in [1.29, 1.82) is 0 Å². The topological polar surface area (TPSA) is 72.5 Å². The number of nitrogen functional groups attached to an aromatic ring is 1. The first-order chi connectivity index (χ1) is 11.1. The van der Waals surface area contributed by atoms with E-state index in [0.717, 1.165) is 21.6 Å². The maximum atomic E-state index is 12.0. The predicted octanol–water partition coefficient (Wildman–Crippen LogP) is 4.16. The van der Waals surface area contributed by atoms with Crippen molar-refractivity contribution in [2.24, 2.45) is 0 Å². The summed E-state index contributed by atoms with van der Waals surface area (Å²) in [6.45, 7) is 0. The molecule has 0 aliphatic carbocycles. The Balaban J connectivity index is 2.25. The summed E-state index contributed by atoms with van der Waals surface area (Å²) in [7, 11) is 1.34. The summed E-state index contributed by atoms with van der Waals surface area (Å²) >= 11 is 1.31. The summed E-state index contributed by atoms with van der Waals surface area (Å²) in [6, 6.07) is 16.5. The number of benzene rings is 2. The Bertz CT molecular complexity index is 839. The standard InChI is InChI=1S/C18H15NO3S/c1-22-18(21)17-15(19)14(11-7-9-13(20)10-8-11)16(23-17)12-5-3-2-4-6-12/h2-10,20H,19H2,1H3. The second-order valence-corrected chi connectivity index (χ2v) is 5.97. The maximum absolute atomic E-state index is 12.0. The molecule has 1 aromatic heterocycles. The highest BCUT2D eigenvalue weighted by atomic mass is 32.1. The fourth-order valence-electron chi connectivity index (χ4n) is 2.40. The van der Waals surface area contributed by atoms with Gasteiger partial charge in [-0.15, -0.1) is 11.3 Å². The number of methoxy groups -OCH3 is 1. The van der Waals surface area contributed by atoms with Gasteiger partial charge in [-0.05, 0) is 23.3 Å². The zero-order valence-electron chi connectivity index (χ0n) is 12.4. The Labute approximate surface area is 137 Å². The third-order valence-electron chi connectivity index (χ3n) is 3.51. The first-order valence-electron chi connectivity index (χ1n) is 6.97. The highest BCUT2D eigenvalue weighted by Crippen LogP contribution is 2.45. The summed E-state index contributed by atoms with van der Waals surface area (Å²) in [4.78, 5) is 13.3. The summed E-state index contributed by atoms with van der Waals surface area (Å²) in [6.07, 6.45) is 0. The molecule has 116 valence electrons. The molecule has 3 N–H and O–H groups in total. The van der Waals surface area contributed by atoms with E-state index in [9.17, 15) is 9.90 Å². The van der Waals surface area contributed by atoms with Crippen LogP contribution in [0.15, 0.2) is 54.6 Å². The van der Waals surface area contributed by atoms with Crippen molar-refractivity contribution in [3.8, 4) is 27.3 Å². The van der Waals surface area contributed by atoms with E-state index in [2.05, 4.69) is 0 Å². The van der Waals surface area contributed by atoms with Crippen molar-refractivity contribution in [3.05, 3.63) is 59.5 Å². The number of anilines is 1.